The van der Waals surface area contributed by atoms with Crippen LogP contribution in [0.2, 0.25) is 0 Å². The summed E-state index contributed by atoms with van der Waals surface area (Å²) in [5, 5.41) is 23.8. The molecule has 3 rings (SSSR count). The second-order valence-corrected chi connectivity index (χ2v) is 5.72. The van der Waals surface area contributed by atoms with E-state index in [0.717, 1.165) is 42.2 Å². The van der Waals surface area contributed by atoms with Gasteiger partial charge in [0.05, 0.1) is 12.6 Å². The van der Waals surface area contributed by atoms with Gasteiger partial charge in [-0.1, -0.05) is 24.3 Å². The Morgan fingerprint density at radius 1 is 1.35 bits per heavy atom. The van der Waals surface area contributed by atoms with Gasteiger partial charge in [0, 0.05) is 19.5 Å². The lowest BCUT2D eigenvalue weighted by Crippen LogP contribution is -2.38. The number of benzene rings is 1. The number of rotatable bonds is 5. The lowest BCUT2D eigenvalue weighted by molar-refractivity contribution is 0.172. The Balaban J connectivity index is 1.47. The van der Waals surface area contributed by atoms with Crippen molar-refractivity contribution in [2.24, 2.45) is 0 Å². The van der Waals surface area contributed by atoms with E-state index in [-0.39, 0.29) is 12.6 Å². The molecule has 0 bridgehead atoms. The van der Waals surface area contributed by atoms with Crippen molar-refractivity contribution < 1.29 is 9.90 Å². The highest BCUT2D eigenvalue weighted by Crippen LogP contribution is 2.16. The molecule has 0 spiro atoms. The van der Waals surface area contributed by atoms with Gasteiger partial charge < -0.3 is 20.3 Å². The van der Waals surface area contributed by atoms with E-state index < -0.39 is 6.10 Å². The quantitative estimate of drug-likeness (QED) is 0.769. The van der Waals surface area contributed by atoms with Crippen molar-refractivity contribution in [3.05, 3.63) is 47.0 Å². The number of aromatic nitrogens is 3. The summed E-state index contributed by atoms with van der Waals surface area (Å²) in [6.45, 7) is 3.34. The molecule has 0 saturated heterocycles. The van der Waals surface area contributed by atoms with E-state index in [1.165, 1.54) is 0 Å². The van der Waals surface area contributed by atoms with Crippen LogP contribution in [0.5, 0.6) is 0 Å². The van der Waals surface area contributed by atoms with Crippen molar-refractivity contribution in [2.45, 2.75) is 39.0 Å². The minimum atomic E-state index is -0.723. The third-order valence-electron chi connectivity index (χ3n) is 4.10. The van der Waals surface area contributed by atoms with Crippen molar-refractivity contribution in [1.29, 1.82) is 0 Å². The lowest BCUT2D eigenvalue weighted by Gasteiger charge is -2.15. The molecule has 2 amide bonds. The molecule has 1 aromatic heterocycles. The number of aliphatic hydroxyl groups excluding tert-OH is 1. The first-order chi connectivity index (χ1) is 11.1. The van der Waals surface area contributed by atoms with Gasteiger partial charge in [0.15, 0.2) is 5.82 Å². The fourth-order valence-corrected chi connectivity index (χ4v) is 2.82. The van der Waals surface area contributed by atoms with Crippen LogP contribution in [0.25, 0.3) is 0 Å². The molecule has 1 aliphatic rings. The van der Waals surface area contributed by atoms with Crippen molar-refractivity contribution in [3.63, 3.8) is 0 Å². The van der Waals surface area contributed by atoms with Crippen LogP contribution in [0, 0.1) is 6.92 Å². The first-order valence-corrected chi connectivity index (χ1v) is 7.81. The normalized spacial score (nSPS) is 14.3. The zero-order chi connectivity index (χ0) is 16.2. The summed E-state index contributed by atoms with van der Waals surface area (Å²) in [4.78, 5) is 11.9. The van der Waals surface area contributed by atoms with E-state index in [4.69, 9.17) is 0 Å². The van der Waals surface area contributed by atoms with Gasteiger partial charge >= 0.3 is 6.03 Å². The van der Waals surface area contributed by atoms with E-state index in [1.54, 1.807) is 0 Å². The summed E-state index contributed by atoms with van der Waals surface area (Å²) < 4.78 is 2.04. The zero-order valence-electron chi connectivity index (χ0n) is 13.1. The predicted octanol–water partition coefficient (Wildman–Crippen LogP) is 1.07. The second-order valence-electron chi connectivity index (χ2n) is 5.72. The van der Waals surface area contributed by atoms with Crippen LogP contribution in [0.15, 0.2) is 24.3 Å². The Bertz CT molecular complexity index is 698. The molecule has 1 aliphatic heterocycles. The maximum Gasteiger partial charge on any atom is 0.315 e. The van der Waals surface area contributed by atoms with Crippen molar-refractivity contribution >= 4 is 6.03 Å². The highest BCUT2D eigenvalue weighted by atomic mass is 16.3. The topological polar surface area (TPSA) is 92.1 Å². The predicted molar refractivity (Wildman–Crippen MR) is 84.7 cm³/mol. The number of aliphatic hydroxyl groups is 1. The molecule has 2 aromatic rings. The molecule has 0 saturated carbocycles. The lowest BCUT2D eigenvalue weighted by atomic mass is 10.0. The van der Waals surface area contributed by atoms with Gasteiger partial charge in [-0.3, -0.25) is 0 Å². The molecule has 0 aliphatic carbocycles. The maximum absolute atomic E-state index is 11.9. The summed E-state index contributed by atoms with van der Waals surface area (Å²) >= 11 is 0. The smallest absolute Gasteiger partial charge is 0.315 e. The summed E-state index contributed by atoms with van der Waals surface area (Å²) in [5.41, 5.74) is 1.82. The number of carbonyl (C=O) groups excluding carboxylic acids is 1. The van der Waals surface area contributed by atoms with Crippen LogP contribution in [-0.2, 0) is 19.5 Å². The highest BCUT2D eigenvalue weighted by molar-refractivity contribution is 5.73. The Hall–Kier alpha value is -2.41. The maximum atomic E-state index is 11.9. The molecule has 1 unspecified atom stereocenters. The highest BCUT2D eigenvalue weighted by Gasteiger charge is 2.17. The molecule has 7 nitrogen and oxygen atoms in total. The molecular formula is C16H21N5O2. The van der Waals surface area contributed by atoms with Gasteiger partial charge in [-0.15, -0.1) is 10.2 Å². The van der Waals surface area contributed by atoms with Crippen molar-refractivity contribution in [3.8, 4) is 0 Å². The van der Waals surface area contributed by atoms with Crippen LogP contribution in [0.3, 0.4) is 0 Å². The largest absolute Gasteiger partial charge is 0.387 e. The van der Waals surface area contributed by atoms with Gasteiger partial charge in [-0.05, 0) is 24.5 Å². The Labute approximate surface area is 134 Å². The Morgan fingerprint density at radius 2 is 2.17 bits per heavy atom. The molecule has 7 heteroatoms. The number of nitrogens with one attached hydrogen (secondary N) is 2. The number of hydrogen-bond donors (Lipinski definition) is 3. The molecule has 122 valence electrons. The SMILES string of the molecule is Cc1ccccc1C(O)CNC(=O)NCc1nnc2n1CCC2. The third kappa shape index (κ3) is 3.50. The monoisotopic (exact) mass is 315 g/mol. The summed E-state index contributed by atoms with van der Waals surface area (Å²) in [7, 11) is 0. The van der Waals surface area contributed by atoms with Crippen LogP contribution < -0.4 is 10.6 Å². The fraction of sp³-hybridized carbons (Fsp3) is 0.438. The number of amides is 2. The summed E-state index contributed by atoms with van der Waals surface area (Å²) in [6, 6.07) is 7.26. The Kier molecular flexibility index (Phi) is 4.57. The standard InChI is InChI=1S/C16H21N5O2/c1-11-5-2-3-6-12(11)13(22)9-17-16(23)18-10-15-20-19-14-7-4-8-21(14)15/h2-3,5-6,13,22H,4,7-10H2,1H3,(H2,17,18,23). The molecule has 3 N–H and O–H groups in total. The van der Waals surface area contributed by atoms with Gasteiger partial charge in [-0.2, -0.15) is 0 Å². The third-order valence-corrected chi connectivity index (χ3v) is 4.10. The van der Waals surface area contributed by atoms with Crippen molar-refractivity contribution in [1.82, 2.24) is 25.4 Å². The van der Waals surface area contributed by atoms with E-state index in [1.807, 2.05) is 35.8 Å². The molecule has 1 aromatic carbocycles. The minimum Gasteiger partial charge on any atom is -0.387 e. The summed E-state index contributed by atoms with van der Waals surface area (Å²) in [5.74, 6) is 1.75. The summed E-state index contributed by atoms with van der Waals surface area (Å²) in [6.07, 6.45) is 1.30. The number of nitrogens with zero attached hydrogens (tertiary/aromatic N) is 3. The minimum absolute atomic E-state index is 0.161. The van der Waals surface area contributed by atoms with Crippen LogP contribution in [0.1, 0.15) is 35.3 Å². The number of carbonyl (C=O) groups is 1. The molecular weight excluding hydrogens is 294 g/mol. The molecule has 0 radical (unpaired) electrons. The Morgan fingerprint density at radius 3 is 3.00 bits per heavy atom. The number of urea groups is 1. The van der Waals surface area contributed by atoms with E-state index in [9.17, 15) is 9.90 Å². The molecule has 0 fully saturated rings. The average molecular weight is 315 g/mol. The first kappa shape index (κ1) is 15.5. The molecule has 23 heavy (non-hydrogen) atoms. The second kappa shape index (κ2) is 6.78. The van der Waals surface area contributed by atoms with Gasteiger partial charge in [0.25, 0.3) is 0 Å². The molecule has 2 heterocycles. The average Bonchev–Trinajstić information content (AvgIpc) is 3.15. The van der Waals surface area contributed by atoms with E-state index in [0.29, 0.717) is 6.54 Å². The van der Waals surface area contributed by atoms with Crippen LogP contribution in [-0.4, -0.2) is 32.4 Å². The van der Waals surface area contributed by atoms with Gasteiger partial charge in [-0.25, -0.2) is 4.79 Å². The van der Waals surface area contributed by atoms with Crippen molar-refractivity contribution in [2.75, 3.05) is 6.54 Å². The van der Waals surface area contributed by atoms with Gasteiger partial charge in [0.1, 0.15) is 5.82 Å². The zero-order valence-corrected chi connectivity index (χ0v) is 13.1. The first-order valence-electron chi connectivity index (χ1n) is 7.81. The fourth-order valence-electron chi connectivity index (χ4n) is 2.82. The molecule has 1 atom stereocenters. The number of aryl methyl sites for hydroxylation is 2. The van der Waals surface area contributed by atoms with E-state index >= 15 is 0 Å². The number of fused-ring (bicyclic) bond motifs is 1. The van der Waals surface area contributed by atoms with Crippen LogP contribution in [0.4, 0.5) is 4.79 Å². The number of hydrogen-bond acceptors (Lipinski definition) is 4. The van der Waals surface area contributed by atoms with Crippen LogP contribution >= 0.6 is 0 Å². The van der Waals surface area contributed by atoms with Gasteiger partial charge in [0.2, 0.25) is 0 Å². The van der Waals surface area contributed by atoms with E-state index in [2.05, 4.69) is 20.8 Å².